The van der Waals surface area contributed by atoms with Gasteiger partial charge < -0.3 is 5.73 Å². The van der Waals surface area contributed by atoms with Gasteiger partial charge in [0.25, 0.3) is 0 Å². The average molecular weight is 466 g/mol. The van der Waals surface area contributed by atoms with Gasteiger partial charge in [-0.05, 0) is 29.8 Å². The van der Waals surface area contributed by atoms with E-state index in [9.17, 15) is 21.6 Å². The molecule has 1 aromatic carbocycles. The highest BCUT2D eigenvalue weighted by atomic mass is 32.2. The molecule has 0 fully saturated rings. The first-order chi connectivity index (χ1) is 14.5. The molecule has 0 atom stereocenters. The zero-order valence-corrected chi connectivity index (χ0v) is 17.9. The Morgan fingerprint density at radius 2 is 1.87 bits per heavy atom. The third-order valence-electron chi connectivity index (χ3n) is 4.26. The Balaban J connectivity index is 2.35. The Labute approximate surface area is 178 Å². The number of Topliss-reactive ketones (excluding diaryl/α,β-unsaturated/α-hetero) is 1. The van der Waals surface area contributed by atoms with Crippen LogP contribution in [0.25, 0.3) is 22.5 Å². The summed E-state index contributed by atoms with van der Waals surface area (Å²) in [7, 11) is -8.63. The van der Waals surface area contributed by atoms with Crippen LogP contribution < -0.4 is 10.9 Å². The van der Waals surface area contributed by atoms with Crippen molar-refractivity contribution in [3.8, 4) is 22.5 Å². The van der Waals surface area contributed by atoms with Crippen LogP contribution in [-0.4, -0.2) is 60.5 Å². The second kappa shape index (κ2) is 8.58. The van der Waals surface area contributed by atoms with E-state index in [0.29, 0.717) is 11.3 Å². The maximum Gasteiger partial charge on any atom is 0.240 e. The topological polar surface area (TPSA) is 205 Å². The van der Waals surface area contributed by atoms with Crippen LogP contribution in [0, 0.1) is 0 Å². The van der Waals surface area contributed by atoms with Crippen LogP contribution in [0.3, 0.4) is 0 Å². The molecule has 2 heterocycles. The van der Waals surface area contributed by atoms with Crippen molar-refractivity contribution in [3.05, 3.63) is 36.2 Å². The zero-order chi connectivity index (χ0) is 22.8. The molecular weight excluding hydrogens is 446 g/mol. The maximum absolute atomic E-state index is 12.7. The van der Waals surface area contributed by atoms with Crippen LogP contribution in [0.4, 0.5) is 0 Å². The lowest BCUT2D eigenvalue weighted by Crippen LogP contribution is -2.22. The molecule has 0 saturated heterocycles. The number of ketones is 1. The van der Waals surface area contributed by atoms with Crippen molar-refractivity contribution in [3.63, 3.8) is 0 Å². The average Bonchev–Trinajstić information content (AvgIpc) is 3.21. The first-order valence-electron chi connectivity index (χ1n) is 8.86. The van der Waals surface area contributed by atoms with Gasteiger partial charge in [-0.15, -0.1) is 10.2 Å². The number of sulfonamides is 1. The fraction of sp³-hybridized carbons (Fsp3) is 0.235. The van der Waals surface area contributed by atoms with Crippen LogP contribution in [-0.2, 0) is 31.1 Å². The van der Waals surface area contributed by atoms with E-state index >= 15 is 0 Å². The Hall–Kier alpha value is -3.07. The molecular formula is C17H19N7O5S2. The van der Waals surface area contributed by atoms with Crippen molar-refractivity contribution in [2.75, 3.05) is 12.3 Å². The van der Waals surface area contributed by atoms with Crippen molar-refractivity contribution >= 4 is 25.6 Å². The summed E-state index contributed by atoms with van der Waals surface area (Å²) in [4.78, 5) is 14.3. The number of pyridine rings is 1. The highest BCUT2D eigenvalue weighted by Crippen LogP contribution is 2.38. The van der Waals surface area contributed by atoms with Crippen molar-refractivity contribution in [1.29, 1.82) is 0 Å². The van der Waals surface area contributed by atoms with Gasteiger partial charge >= 0.3 is 0 Å². The van der Waals surface area contributed by atoms with Gasteiger partial charge in [-0.1, -0.05) is 12.1 Å². The Kier molecular flexibility index (Phi) is 6.26. The van der Waals surface area contributed by atoms with E-state index in [0.717, 1.165) is 6.07 Å². The van der Waals surface area contributed by atoms with Crippen molar-refractivity contribution in [2.24, 2.45) is 10.9 Å². The van der Waals surface area contributed by atoms with Crippen molar-refractivity contribution in [1.82, 2.24) is 25.6 Å². The maximum atomic E-state index is 12.7. The molecule has 5 N–H and O–H groups in total. The smallest absolute Gasteiger partial charge is 0.240 e. The molecule has 0 aliphatic heterocycles. The number of sulfone groups is 1. The molecule has 31 heavy (non-hydrogen) atoms. The molecule has 0 aliphatic rings. The number of nitrogens with one attached hydrogen (secondary N) is 1. The van der Waals surface area contributed by atoms with Crippen LogP contribution in [0.2, 0.25) is 0 Å². The third-order valence-corrected chi connectivity index (χ3v) is 7.17. The predicted molar refractivity (Wildman–Crippen MR) is 110 cm³/mol. The lowest BCUT2D eigenvalue weighted by molar-refractivity contribution is -0.116. The number of benzene rings is 1. The number of carbonyl (C=O) groups excluding carboxylic acids is 1. The van der Waals surface area contributed by atoms with E-state index in [1.54, 1.807) is 12.1 Å². The molecule has 0 unspecified atom stereocenters. The number of primary sulfonamides is 1. The standard InChI is InChI=1S/C17H19N7O5S2/c1-10(25)8-12-3-2-11(9-20-12)13-4-5-14(30(26,27)7-6-18)16(31(19,28)29)15(13)17-21-23-24-22-17/h2-5,9H,6-8,18H2,1H3,(H2,19,28,29)(H,21,22,23,24). The monoisotopic (exact) mass is 465 g/mol. The normalized spacial score (nSPS) is 12.1. The molecule has 0 aliphatic carbocycles. The lowest BCUT2D eigenvalue weighted by Gasteiger charge is -2.16. The van der Waals surface area contributed by atoms with Crippen molar-refractivity contribution < 1.29 is 21.6 Å². The molecule has 164 valence electrons. The Bertz CT molecular complexity index is 1320. The third kappa shape index (κ3) is 4.82. The number of hydrogen-bond donors (Lipinski definition) is 3. The summed E-state index contributed by atoms with van der Waals surface area (Å²) in [5.74, 6) is -0.725. The highest BCUT2D eigenvalue weighted by Gasteiger charge is 2.31. The van der Waals surface area contributed by atoms with E-state index in [4.69, 9.17) is 10.9 Å². The lowest BCUT2D eigenvalue weighted by atomic mass is 10.00. The second-order valence-electron chi connectivity index (χ2n) is 6.62. The number of H-pyrrole nitrogens is 1. The summed E-state index contributed by atoms with van der Waals surface area (Å²) in [6.45, 7) is 1.22. The highest BCUT2D eigenvalue weighted by molar-refractivity contribution is 7.93. The van der Waals surface area contributed by atoms with E-state index < -0.39 is 35.4 Å². The molecule has 0 radical (unpaired) electrons. The van der Waals surface area contributed by atoms with E-state index in [-0.39, 0.29) is 35.7 Å². The first-order valence-corrected chi connectivity index (χ1v) is 12.1. The van der Waals surface area contributed by atoms with Gasteiger partial charge in [-0.3, -0.25) is 9.78 Å². The van der Waals surface area contributed by atoms with Crippen molar-refractivity contribution in [2.45, 2.75) is 23.1 Å². The Morgan fingerprint density at radius 3 is 2.39 bits per heavy atom. The number of tetrazole rings is 1. The molecule has 0 amide bonds. The predicted octanol–water partition coefficient (Wildman–Crippen LogP) is -0.560. The SMILES string of the molecule is CC(=O)Cc1ccc(-c2ccc(S(=O)(=O)CCN)c(S(N)(=O)=O)c2-c2nn[nH]n2)cn1. The molecule has 14 heteroatoms. The van der Waals surface area contributed by atoms with Crippen LogP contribution in [0.1, 0.15) is 12.6 Å². The summed E-state index contributed by atoms with van der Waals surface area (Å²) in [5.41, 5.74) is 6.45. The minimum absolute atomic E-state index is 0.0706. The molecule has 2 aromatic heterocycles. The van der Waals surface area contributed by atoms with E-state index in [1.807, 2.05) is 0 Å². The number of carbonyl (C=O) groups is 1. The quantitative estimate of drug-likeness (QED) is 0.386. The van der Waals surface area contributed by atoms with Gasteiger partial charge in [0.2, 0.25) is 15.8 Å². The van der Waals surface area contributed by atoms with E-state index in [1.165, 1.54) is 19.2 Å². The van der Waals surface area contributed by atoms with Gasteiger partial charge in [-0.25, -0.2) is 22.0 Å². The molecule has 0 spiro atoms. The number of nitrogens with two attached hydrogens (primary N) is 2. The van der Waals surface area contributed by atoms with Gasteiger partial charge in [0, 0.05) is 30.4 Å². The fourth-order valence-electron chi connectivity index (χ4n) is 3.03. The van der Waals surface area contributed by atoms with Gasteiger partial charge in [-0.2, -0.15) is 5.21 Å². The largest absolute Gasteiger partial charge is 0.329 e. The summed E-state index contributed by atoms with van der Waals surface area (Å²) in [5, 5.41) is 18.7. The van der Waals surface area contributed by atoms with Crippen LogP contribution in [0.5, 0.6) is 0 Å². The van der Waals surface area contributed by atoms with Gasteiger partial charge in [0.1, 0.15) is 10.7 Å². The zero-order valence-electron chi connectivity index (χ0n) is 16.3. The summed E-state index contributed by atoms with van der Waals surface area (Å²) in [6, 6.07) is 5.77. The number of aromatic amines is 1. The molecule has 0 saturated carbocycles. The van der Waals surface area contributed by atoms with Gasteiger partial charge in [0.15, 0.2) is 9.84 Å². The number of rotatable bonds is 8. The number of hydrogen-bond acceptors (Lipinski definition) is 10. The first kappa shape index (κ1) is 22.6. The molecule has 0 bridgehead atoms. The molecule has 12 nitrogen and oxygen atoms in total. The molecule has 3 rings (SSSR count). The van der Waals surface area contributed by atoms with Gasteiger partial charge in [0.05, 0.1) is 16.2 Å². The second-order valence-corrected chi connectivity index (χ2v) is 10.2. The minimum atomic E-state index is -4.55. The minimum Gasteiger partial charge on any atom is -0.329 e. The van der Waals surface area contributed by atoms with Crippen LogP contribution in [0.15, 0.2) is 40.3 Å². The summed E-state index contributed by atoms with van der Waals surface area (Å²) in [6.07, 6.45) is 1.56. The summed E-state index contributed by atoms with van der Waals surface area (Å²) < 4.78 is 50.5. The van der Waals surface area contributed by atoms with Crippen LogP contribution >= 0.6 is 0 Å². The number of nitrogens with zero attached hydrogens (tertiary/aromatic N) is 4. The summed E-state index contributed by atoms with van der Waals surface area (Å²) >= 11 is 0. The molecule has 3 aromatic rings. The van der Waals surface area contributed by atoms with E-state index in [2.05, 4.69) is 25.6 Å². The number of aromatic nitrogens is 5. The fourth-order valence-corrected chi connectivity index (χ4v) is 5.78. The Morgan fingerprint density at radius 1 is 1.13 bits per heavy atom.